The summed E-state index contributed by atoms with van der Waals surface area (Å²) in [6.45, 7) is 1.96. The van der Waals surface area contributed by atoms with Crippen LogP contribution in [0, 0.1) is 0 Å². The number of esters is 1. The average Bonchev–Trinajstić information content (AvgIpc) is 3.55. The molecular formula is C24H18N2O3S3. The van der Waals surface area contributed by atoms with Gasteiger partial charge in [-0.1, -0.05) is 53.8 Å². The molecule has 1 atom stereocenters. The molecule has 1 aromatic carbocycles. The van der Waals surface area contributed by atoms with Crippen molar-refractivity contribution in [3.05, 3.63) is 112 Å². The first-order chi connectivity index (χ1) is 15.6. The summed E-state index contributed by atoms with van der Waals surface area (Å²) in [5, 5.41) is 3.92. The number of carbonyl (C=O) groups is 1. The molecule has 0 amide bonds. The number of fused-ring (bicyclic) bond motifs is 1. The number of carbonyl (C=O) groups excluding carboxylic acids is 1. The Balaban J connectivity index is 1.59. The van der Waals surface area contributed by atoms with E-state index in [4.69, 9.17) is 4.74 Å². The van der Waals surface area contributed by atoms with E-state index < -0.39 is 12.0 Å². The largest absolute Gasteiger partial charge is 0.457 e. The Morgan fingerprint density at radius 2 is 1.88 bits per heavy atom. The molecule has 0 spiro atoms. The van der Waals surface area contributed by atoms with Crippen LogP contribution in [-0.4, -0.2) is 10.5 Å². The van der Waals surface area contributed by atoms with Crippen molar-refractivity contribution in [3.63, 3.8) is 0 Å². The van der Waals surface area contributed by atoms with E-state index in [9.17, 15) is 9.59 Å². The molecule has 0 fully saturated rings. The van der Waals surface area contributed by atoms with Crippen molar-refractivity contribution >= 4 is 46.1 Å². The molecule has 4 aromatic rings. The fourth-order valence-corrected chi connectivity index (χ4v) is 6.20. The Labute approximate surface area is 195 Å². The molecule has 0 N–H and O–H groups in total. The summed E-state index contributed by atoms with van der Waals surface area (Å²) in [4.78, 5) is 33.7. The van der Waals surface area contributed by atoms with Crippen LogP contribution in [0.5, 0.6) is 0 Å². The van der Waals surface area contributed by atoms with Crippen LogP contribution in [0.25, 0.3) is 6.08 Å². The lowest BCUT2D eigenvalue weighted by molar-refractivity contribution is -0.140. The van der Waals surface area contributed by atoms with E-state index in [2.05, 4.69) is 4.99 Å². The summed E-state index contributed by atoms with van der Waals surface area (Å²) in [5.74, 6) is -0.457. The van der Waals surface area contributed by atoms with Crippen LogP contribution >= 0.6 is 34.0 Å². The maximum absolute atomic E-state index is 13.4. The molecule has 5 rings (SSSR count). The highest BCUT2D eigenvalue weighted by Gasteiger charge is 2.34. The van der Waals surface area contributed by atoms with Crippen molar-refractivity contribution in [2.24, 2.45) is 4.99 Å². The third kappa shape index (κ3) is 3.92. The molecule has 0 saturated heterocycles. The van der Waals surface area contributed by atoms with Crippen molar-refractivity contribution in [1.29, 1.82) is 0 Å². The minimum atomic E-state index is -0.556. The number of allylic oxidation sites excluding steroid dienone is 1. The zero-order chi connectivity index (χ0) is 22.1. The number of thiophene rings is 2. The van der Waals surface area contributed by atoms with Crippen LogP contribution in [0.3, 0.4) is 0 Å². The van der Waals surface area contributed by atoms with Gasteiger partial charge < -0.3 is 4.74 Å². The highest BCUT2D eigenvalue weighted by atomic mass is 32.1. The Hall–Kier alpha value is -3.07. The molecule has 5 nitrogen and oxygen atoms in total. The standard InChI is InChI=1S/C24H18N2O3S3/c1-15-20(23(28)29-14-16-7-3-2-4-8-16)21(18-10-6-12-31-18)26-22(27)19(32-24(26)25-15)13-17-9-5-11-30-17/h2-13,21H,14H2,1H3/b19-13+/t21-/m0/s1. The molecule has 0 saturated carbocycles. The lowest BCUT2D eigenvalue weighted by atomic mass is 10.0. The second-order valence-electron chi connectivity index (χ2n) is 7.17. The average molecular weight is 479 g/mol. The van der Waals surface area contributed by atoms with Crippen LogP contribution in [0.4, 0.5) is 0 Å². The van der Waals surface area contributed by atoms with Crippen molar-refractivity contribution in [2.75, 3.05) is 0 Å². The number of hydrogen-bond donors (Lipinski definition) is 0. The first-order valence-corrected chi connectivity index (χ1v) is 12.5. The zero-order valence-corrected chi connectivity index (χ0v) is 19.5. The first kappa shape index (κ1) is 20.8. The molecular weight excluding hydrogens is 460 g/mol. The Morgan fingerprint density at radius 1 is 1.09 bits per heavy atom. The zero-order valence-electron chi connectivity index (χ0n) is 17.1. The van der Waals surface area contributed by atoms with E-state index >= 15 is 0 Å². The Bertz CT molecular complexity index is 1460. The predicted octanol–water partition coefficient (Wildman–Crippen LogP) is 4.10. The minimum absolute atomic E-state index is 0.151. The molecule has 0 radical (unpaired) electrons. The van der Waals surface area contributed by atoms with Crippen molar-refractivity contribution in [3.8, 4) is 0 Å². The van der Waals surface area contributed by atoms with Gasteiger partial charge in [-0.3, -0.25) is 9.36 Å². The van der Waals surface area contributed by atoms with E-state index in [1.807, 2.05) is 71.4 Å². The van der Waals surface area contributed by atoms with Crippen LogP contribution in [0.1, 0.15) is 28.3 Å². The molecule has 32 heavy (non-hydrogen) atoms. The van der Waals surface area contributed by atoms with E-state index in [0.717, 1.165) is 15.3 Å². The summed E-state index contributed by atoms with van der Waals surface area (Å²) in [6, 6.07) is 16.8. The van der Waals surface area contributed by atoms with Gasteiger partial charge in [0.2, 0.25) is 0 Å². The van der Waals surface area contributed by atoms with Gasteiger partial charge >= 0.3 is 5.97 Å². The van der Waals surface area contributed by atoms with Gasteiger partial charge in [0.1, 0.15) is 12.6 Å². The summed E-state index contributed by atoms with van der Waals surface area (Å²) in [5.41, 5.74) is 1.73. The smallest absolute Gasteiger partial charge is 0.338 e. The molecule has 1 aliphatic rings. The van der Waals surface area contributed by atoms with Gasteiger partial charge in [-0.2, -0.15) is 0 Å². The summed E-state index contributed by atoms with van der Waals surface area (Å²) in [6.07, 6.45) is 1.88. The first-order valence-electron chi connectivity index (χ1n) is 9.92. The monoisotopic (exact) mass is 478 g/mol. The molecule has 0 bridgehead atoms. The molecule has 160 valence electrons. The van der Waals surface area contributed by atoms with E-state index in [1.165, 1.54) is 22.7 Å². The quantitative estimate of drug-likeness (QED) is 0.406. The van der Waals surface area contributed by atoms with Crippen molar-refractivity contribution < 1.29 is 9.53 Å². The Kier molecular flexibility index (Phi) is 5.73. The lowest BCUT2D eigenvalue weighted by Gasteiger charge is -2.23. The molecule has 0 aliphatic carbocycles. The summed E-state index contributed by atoms with van der Waals surface area (Å²) >= 11 is 4.42. The van der Waals surface area contributed by atoms with Gasteiger partial charge in [0, 0.05) is 9.75 Å². The molecule has 1 aliphatic heterocycles. The fraction of sp³-hybridized carbons (Fsp3) is 0.125. The number of thiazole rings is 1. The van der Waals surface area contributed by atoms with Gasteiger partial charge in [-0.25, -0.2) is 9.79 Å². The van der Waals surface area contributed by atoms with Gasteiger partial charge in [-0.05, 0) is 41.5 Å². The third-order valence-electron chi connectivity index (χ3n) is 5.08. The minimum Gasteiger partial charge on any atom is -0.457 e. The maximum atomic E-state index is 13.4. The van der Waals surface area contributed by atoms with E-state index in [0.29, 0.717) is 20.6 Å². The second-order valence-corrected chi connectivity index (χ2v) is 10.1. The number of aromatic nitrogens is 1. The van der Waals surface area contributed by atoms with Gasteiger partial charge in [0.05, 0.1) is 15.8 Å². The lowest BCUT2D eigenvalue weighted by Crippen LogP contribution is -2.39. The highest BCUT2D eigenvalue weighted by Crippen LogP contribution is 2.33. The van der Waals surface area contributed by atoms with Gasteiger partial charge in [-0.15, -0.1) is 22.7 Å². The van der Waals surface area contributed by atoms with E-state index in [1.54, 1.807) is 22.8 Å². The number of nitrogens with zero attached hydrogens (tertiary/aromatic N) is 2. The molecule has 4 heterocycles. The number of hydrogen-bond acceptors (Lipinski definition) is 7. The number of rotatable bonds is 5. The normalized spacial score (nSPS) is 16.0. The third-order valence-corrected chi connectivity index (χ3v) is 7.81. The second kappa shape index (κ2) is 8.82. The fourth-order valence-electron chi connectivity index (χ4n) is 3.60. The van der Waals surface area contributed by atoms with Crippen LogP contribution in [-0.2, 0) is 16.1 Å². The number of ether oxygens (including phenoxy) is 1. The van der Waals surface area contributed by atoms with Crippen molar-refractivity contribution in [2.45, 2.75) is 19.6 Å². The summed E-state index contributed by atoms with van der Waals surface area (Å²) < 4.78 is 7.87. The SMILES string of the molecule is CC1=C(C(=O)OCc2ccccc2)[C@H](c2cccs2)n2c(s/c(=C/c3cccs3)c2=O)=N1. The van der Waals surface area contributed by atoms with Crippen LogP contribution < -0.4 is 14.9 Å². The predicted molar refractivity (Wildman–Crippen MR) is 129 cm³/mol. The van der Waals surface area contributed by atoms with Crippen LogP contribution in [0.2, 0.25) is 0 Å². The Morgan fingerprint density at radius 3 is 2.59 bits per heavy atom. The highest BCUT2D eigenvalue weighted by molar-refractivity contribution is 7.11. The maximum Gasteiger partial charge on any atom is 0.338 e. The van der Waals surface area contributed by atoms with Crippen molar-refractivity contribution in [1.82, 2.24) is 4.57 Å². The van der Waals surface area contributed by atoms with Gasteiger partial charge in [0.25, 0.3) is 5.56 Å². The molecule has 8 heteroatoms. The van der Waals surface area contributed by atoms with Crippen LogP contribution in [0.15, 0.2) is 86.4 Å². The van der Waals surface area contributed by atoms with E-state index in [-0.39, 0.29) is 12.2 Å². The molecule has 3 aromatic heterocycles. The molecule has 0 unspecified atom stereocenters. The topological polar surface area (TPSA) is 60.7 Å². The summed E-state index contributed by atoms with van der Waals surface area (Å²) in [7, 11) is 0. The van der Waals surface area contributed by atoms with Gasteiger partial charge in [0.15, 0.2) is 4.80 Å². The number of benzene rings is 1.